The highest BCUT2D eigenvalue weighted by Crippen LogP contribution is 2.07. The maximum Gasteiger partial charge on any atom is 0.408 e. The van der Waals surface area contributed by atoms with E-state index in [1.807, 2.05) is 0 Å². The second-order valence-corrected chi connectivity index (χ2v) is 5.03. The number of hydrogen-bond acceptors (Lipinski definition) is 5. The summed E-state index contributed by atoms with van der Waals surface area (Å²) in [4.78, 5) is 27.0. The summed E-state index contributed by atoms with van der Waals surface area (Å²) in [5, 5.41) is 2.40. The largest absolute Gasteiger partial charge is 0.444 e. The van der Waals surface area contributed by atoms with Crippen molar-refractivity contribution in [1.29, 1.82) is 0 Å². The zero-order valence-corrected chi connectivity index (χ0v) is 10.3. The lowest BCUT2D eigenvalue weighted by Crippen LogP contribution is -2.35. The van der Waals surface area contributed by atoms with Gasteiger partial charge >= 0.3 is 6.09 Å². The van der Waals surface area contributed by atoms with Crippen LogP contribution in [0.3, 0.4) is 0 Å². The normalized spacial score (nSPS) is 10.9. The summed E-state index contributed by atoms with van der Waals surface area (Å²) in [7, 11) is 0. The van der Waals surface area contributed by atoms with E-state index >= 15 is 0 Å². The van der Waals surface area contributed by atoms with Gasteiger partial charge in [0.25, 0.3) is 0 Å². The van der Waals surface area contributed by atoms with Crippen LogP contribution in [0.2, 0.25) is 0 Å². The lowest BCUT2D eigenvalue weighted by Gasteiger charge is -2.19. The number of carbonyl (C=O) groups is 2. The molecule has 0 saturated carbocycles. The van der Waals surface area contributed by atoms with Gasteiger partial charge in [0, 0.05) is 6.20 Å². The molecule has 0 radical (unpaired) electrons. The van der Waals surface area contributed by atoms with Gasteiger partial charge < -0.3 is 10.1 Å². The molecule has 16 heavy (non-hydrogen) atoms. The molecule has 1 aromatic heterocycles. The molecule has 1 N–H and O–H groups in total. The van der Waals surface area contributed by atoms with Crippen molar-refractivity contribution >= 4 is 23.2 Å². The van der Waals surface area contributed by atoms with Crippen LogP contribution >= 0.6 is 11.3 Å². The summed E-state index contributed by atoms with van der Waals surface area (Å²) in [5.74, 6) is -0.173. The minimum atomic E-state index is -0.592. The number of thiazole rings is 1. The van der Waals surface area contributed by atoms with Crippen molar-refractivity contribution in [2.24, 2.45) is 0 Å². The molecule has 0 unspecified atom stereocenters. The predicted molar refractivity (Wildman–Crippen MR) is 60.7 cm³/mol. The van der Waals surface area contributed by atoms with Gasteiger partial charge in [-0.05, 0) is 20.8 Å². The third-order valence-corrected chi connectivity index (χ3v) is 2.31. The van der Waals surface area contributed by atoms with E-state index in [2.05, 4.69) is 10.3 Å². The number of nitrogens with one attached hydrogen (secondary N) is 1. The Hall–Kier alpha value is -1.43. The number of rotatable bonds is 3. The van der Waals surface area contributed by atoms with Crippen LogP contribution < -0.4 is 5.32 Å². The molecule has 0 aromatic carbocycles. The molecule has 1 heterocycles. The molecule has 88 valence electrons. The van der Waals surface area contributed by atoms with E-state index in [0.29, 0.717) is 4.88 Å². The van der Waals surface area contributed by atoms with E-state index in [4.69, 9.17) is 4.74 Å². The SMILES string of the molecule is CC(C)(C)OC(=O)NCC(=O)c1cncs1. The molecule has 1 aromatic rings. The zero-order valence-electron chi connectivity index (χ0n) is 9.44. The lowest BCUT2D eigenvalue weighted by molar-refractivity contribution is 0.0520. The summed E-state index contributed by atoms with van der Waals surface area (Å²) in [6.07, 6.45) is 0.884. The van der Waals surface area contributed by atoms with Gasteiger partial charge in [0.1, 0.15) is 5.60 Å². The molecule has 0 fully saturated rings. The average molecular weight is 242 g/mol. The fourth-order valence-corrected chi connectivity index (χ4v) is 1.47. The molecule has 0 aliphatic rings. The van der Waals surface area contributed by atoms with Gasteiger partial charge in [-0.2, -0.15) is 0 Å². The quantitative estimate of drug-likeness (QED) is 0.821. The zero-order chi connectivity index (χ0) is 12.2. The number of ether oxygens (including phenoxy) is 1. The minimum Gasteiger partial charge on any atom is -0.444 e. The number of aromatic nitrogens is 1. The maximum atomic E-state index is 11.5. The second-order valence-electron chi connectivity index (χ2n) is 4.14. The molecule has 0 atom stereocenters. The number of alkyl carbamates (subject to hydrolysis) is 1. The van der Waals surface area contributed by atoms with Crippen molar-refractivity contribution < 1.29 is 14.3 Å². The maximum absolute atomic E-state index is 11.5. The summed E-state index contributed by atoms with van der Waals surface area (Å²) in [5.41, 5.74) is 1.01. The average Bonchev–Trinajstić information content (AvgIpc) is 2.64. The van der Waals surface area contributed by atoms with Crippen molar-refractivity contribution in [3.8, 4) is 0 Å². The highest BCUT2D eigenvalue weighted by atomic mass is 32.1. The van der Waals surface area contributed by atoms with Crippen LogP contribution in [0.4, 0.5) is 4.79 Å². The molecule has 0 bridgehead atoms. The Balaban J connectivity index is 2.35. The topological polar surface area (TPSA) is 68.3 Å². The summed E-state index contributed by atoms with van der Waals surface area (Å²) in [6.45, 7) is 5.21. The van der Waals surface area contributed by atoms with E-state index in [1.54, 1.807) is 26.3 Å². The molecule has 1 amide bonds. The Morgan fingerprint density at radius 2 is 2.19 bits per heavy atom. The molecule has 0 spiro atoms. The first-order chi connectivity index (χ1) is 7.38. The molecule has 5 nitrogen and oxygen atoms in total. The first kappa shape index (κ1) is 12.6. The number of amides is 1. The van der Waals surface area contributed by atoms with Crippen molar-refractivity contribution in [2.45, 2.75) is 26.4 Å². The van der Waals surface area contributed by atoms with Crippen LogP contribution in [-0.4, -0.2) is 29.0 Å². The standard InChI is InChI=1S/C10H14N2O3S/c1-10(2,3)15-9(14)12-4-7(13)8-5-11-6-16-8/h5-6H,4H2,1-3H3,(H,12,14). The van der Waals surface area contributed by atoms with Crippen molar-refractivity contribution in [1.82, 2.24) is 10.3 Å². The number of carbonyl (C=O) groups excluding carboxylic acids is 2. The smallest absolute Gasteiger partial charge is 0.408 e. The van der Waals surface area contributed by atoms with E-state index in [-0.39, 0.29) is 12.3 Å². The number of nitrogens with zero attached hydrogens (tertiary/aromatic N) is 1. The third-order valence-electron chi connectivity index (χ3n) is 1.50. The van der Waals surface area contributed by atoms with Crippen LogP contribution in [0.5, 0.6) is 0 Å². The van der Waals surface area contributed by atoms with Gasteiger partial charge in [-0.15, -0.1) is 11.3 Å². The van der Waals surface area contributed by atoms with Gasteiger partial charge in [0.15, 0.2) is 5.78 Å². The summed E-state index contributed by atoms with van der Waals surface area (Å²) >= 11 is 1.24. The highest BCUT2D eigenvalue weighted by molar-refractivity contribution is 7.11. The van der Waals surface area contributed by atoms with Crippen molar-refractivity contribution in [3.05, 3.63) is 16.6 Å². The second kappa shape index (κ2) is 5.07. The van der Waals surface area contributed by atoms with E-state index in [9.17, 15) is 9.59 Å². The van der Waals surface area contributed by atoms with Gasteiger partial charge in [-0.1, -0.05) is 0 Å². The van der Waals surface area contributed by atoms with Gasteiger partial charge in [0.2, 0.25) is 0 Å². The van der Waals surface area contributed by atoms with E-state index in [0.717, 1.165) is 0 Å². The van der Waals surface area contributed by atoms with Crippen molar-refractivity contribution in [3.63, 3.8) is 0 Å². The molecule has 1 rings (SSSR count). The van der Waals surface area contributed by atoms with Crippen LogP contribution in [0.15, 0.2) is 11.7 Å². The third kappa shape index (κ3) is 4.39. The van der Waals surface area contributed by atoms with Crippen molar-refractivity contribution in [2.75, 3.05) is 6.54 Å². The van der Waals surface area contributed by atoms with Crippen LogP contribution in [0.1, 0.15) is 30.4 Å². The predicted octanol–water partition coefficient (Wildman–Crippen LogP) is 1.85. The summed E-state index contributed by atoms with van der Waals surface area (Å²) in [6, 6.07) is 0. The minimum absolute atomic E-state index is 0.0723. The van der Waals surface area contributed by atoms with Crippen LogP contribution in [0, 0.1) is 0 Å². The molecule has 0 aliphatic carbocycles. The Morgan fingerprint density at radius 3 is 2.69 bits per heavy atom. The number of ketones is 1. The lowest BCUT2D eigenvalue weighted by atomic mass is 10.2. The Labute approximate surface area is 97.8 Å². The highest BCUT2D eigenvalue weighted by Gasteiger charge is 2.17. The van der Waals surface area contributed by atoms with E-state index < -0.39 is 11.7 Å². The first-order valence-electron chi connectivity index (χ1n) is 4.77. The number of Topliss-reactive ketones (excluding diaryl/α,β-unsaturated/α-hetero) is 1. The van der Waals surface area contributed by atoms with Crippen LogP contribution in [-0.2, 0) is 4.74 Å². The molecular weight excluding hydrogens is 228 g/mol. The Morgan fingerprint density at radius 1 is 1.50 bits per heavy atom. The molecular formula is C10H14N2O3S. The van der Waals surface area contributed by atoms with Gasteiger partial charge in [-0.3, -0.25) is 9.78 Å². The van der Waals surface area contributed by atoms with Gasteiger partial charge in [0.05, 0.1) is 16.9 Å². The fraction of sp³-hybridized carbons (Fsp3) is 0.500. The van der Waals surface area contributed by atoms with E-state index in [1.165, 1.54) is 17.5 Å². The monoisotopic (exact) mass is 242 g/mol. The number of hydrogen-bond donors (Lipinski definition) is 1. The van der Waals surface area contributed by atoms with Gasteiger partial charge in [-0.25, -0.2) is 4.79 Å². The summed E-state index contributed by atoms with van der Waals surface area (Å²) < 4.78 is 4.99. The molecule has 0 aliphatic heterocycles. The first-order valence-corrected chi connectivity index (χ1v) is 5.65. The fourth-order valence-electron chi connectivity index (χ4n) is 0.907. The molecule has 6 heteroatoms. The Kier molecular flexibility index (Phi) is 4.00. The Bertz CT molecular complexity index is 368. The van der Waals surface area contributed by atoms with Crippen LogP contribution in [0.25, 0.3) is 0 Å². The molecule has 0 saturated heterocycles.